The lowest BCUT2D eigenvalue weighted by atomic mass is 10.0. The molecule has 1 aliphatic rings. The zero-order chi connectivity index (χ0) is 12.5. The highest BCUT2D eigenvalue weighted by Crippen LogP contribution is 2.28. The van der Waals surface area contributed by atoms with Crippen LogP contribution in [-0.2, 0) is 4.74 Å². The van der Waals surface area contributed by atoms with Crippen LogP contribution in [0, 0.1) is 0 Å². The Morgan fingerprint density at radius 1 is 1.50 bits per heavy atom. The second-order valence-electron chi connectivity index (χ2n) is 4.53. The molecule has 2 aromatic heterocycles. The molecule has 0 saturated carbocycles. The standard InChI is InChI=1S/C12H14ClN3OS/c1-7-6-8(2-4-17-7)14-10-9-3-5-18-11(9)16-12(13)15-10/h3,5,7-8H,2,4,6H2,1H3,(H,14,15,16). The molecule has 0 amide bonds. The number of hydrogen-bond acceptors (Lipinski definition) is 5. The molecule has 96 valence electrons. The number of aromatic nitrogens is 2. The first kappa shape index (κ1) is 12.1. The maximum atomic E-state index is 5.95. The van der Waals surface area contributed by atoms with Crippen LogP contribution in [0.25, 0.3) is 10.2 Å². The molecule has 1 fully saturated rings. The third kappa shape index (κ3) is 2.43. The molecular weight excluding hydrogens is 270 g/mol. The number of rotatable bonds is 2. The Kier molecular flexibility index (Phi) is 3.37. The van der Waals surface area contributed by atoms with Gasteiger partial charge in [-0.15, -0.1) is 11.3 Å². The third-order valence-electron chi connectivity index (χ3n) is 3.12. The van der Waals surface area contributed by atoms with Crippen molar-refractivity contribution >= 4 is 39.0 Å². The molecule has 2 aromatic rings. The molecule has 1 aliphatic heterocycles. The fraction of sp³-hybridized carbons (Fsp3) is 0.500. The van der Waals surface area contributed by atoms with Crippen LogP contribution in [0.2, 0.25) is 5.28 Å². The molecule has 2 unspecified atom stereocenters. The van der Waals surface area contributed by atoms with E-state index in [4.69, 9.17) is 16.3 Å². The first-order valence-corrected chi connectivity index (χ1v) is 7.27. The van der Waals surface area contributed by atoms with Crippen molar-refractivity contribution in [3.05, 3.63) is 16.7 Å². The summed E-state index contributed by atoms with van der Waals surface area (Å²) in [6.45, 7) is 2.89. The van der Waals surface area contributed by atoms with Gasteiger partial charge in [0.05, 0.1) is 11.5 Å². The van der Waals surface area contributed by atoms with Crippen LogP contribution in [-0.4, -0.2) is 28.7 Å². The van der Waals surface area contributed by atoms with Crippen LogP contribution in [0.15, 0.2) is 11.4 Å². The molecule has 3 rings (SSSR count). The lowest BCUT2D eigenvalue weighted by molar-refractivity contribution is 0.0232. The van der Waals surface area contributed by atoms with E-state index in [9.17, 15) is 0 Å². The van der Waals surface area contributed by atoms with E-state index < -0.39 is 0 Å². The summed E-state index contributed by atoms with van der Waals surface area (Å²) < 4.78 is 5.55. The van der Waals surface area contributed by atoms with Gasteiger partial charge in [-0.2, -0.15) is 0 Å². The molecule has 2 atom stereocenters. The van der Waals surface area contributed by atoms with Gasteiger partial charge >= 0.3 is 0 Å². The highest BCUT2D eigenvalue weighted by Gasteiger charge is 2.20. The zero-order valence-electron chi connectivity index (χ0n) is 10.0. The van der Waals surface area contributed by atoms with Crippen LogP contribution in [0.1, 0.15) is 19.8 Å². The zero-order valence-corrected chi connectivity index (χ0v) is 11.6. The van der Waals surface area contributed by atoms with Gasteiger partial charge in [-0.25, -0.2) is 9.97 Å². The minimum absolute atomic E-state index is 0.298. The van der Waals surface area contributed by atoms with E-state index in [0.717, 1.165) is 35.5 Å². The predicted octanol–water partition coefficient (Wildman–Crippen LogP) is 3.32. The van der Waals surface area contributed by atoms with Crippen LogP contribution >= 0.6 is 22.9 Å². The minimum atomic E-state index is 0.298. The average molecular weight is 284 g/mol. The quantitative estimate of drug-likeness (QED) is 0.859. The normalized spacial score (nSPS) is 24.3. The molecule has 0 aromatic carbocycles. The van der Waals surface area contributed by atoms with Gasteiger partial charge in [0, 0.05) is 12.6 Å². The average Bonchev–Trinajstić information content (AvgIpc) is 2.77. The molecule has 0 radical (unpaired) electrons. The van der Waals surface area contributed by atoms with Gasteiger partial charge in [0.25, 0.3) is 0 Å². The van der Waals surface area contributed by atoms with Gasteiger partial charge in [-0.1, -0.05) is 0 Å². The number of hydrogen-bond donors (Lipinski definition) is 1. The molecular formula is C12H14ClN3OS. The number of fused-ring (bicyclic) bond motifs is 1. The van der Waals surface area contributed by atoms with Gasteiger partial charge in [-0.05, 0) is 42.8 Å². The summed E-state index contributed by atoms with van der Waals surface area (Å²) in [5.41, 5.74) is 0. The smallest absolute Gasteiger partial charge is 0.225 e. The van der Waals surface area contributed by atoms with Crippen molar-refractivity contribution in [3.63, 3.8) is 0 Å². The Morgan fingerprint density at radius 2 is 2.39 bits per heavy atom. The summed E-state index contributed by atoms with van der Waals surface area (Å²) in [6, 6.07) is 2.42. The maximum absolute atomic E-state index is 5.95. The Morgan fingerprint density at radius 3 is 3.22 bits per heavy atom. The highest BCUT2D eigenvalue weighted by atomic mass is 35.5. The van der Waals surface area contributed by atoms with E-state index in [1.54, 1.807) is 11.3 Å². The van der Waals surface area contributed by atoms with E-state index in [1.165, 1.54) is 0 Å². The van der Waals surface area contributed by atoms with E-state index in [1.807, 2.05) is 11.4 Å². The van der Waals surface area contributed by atoms with Crippen LogP contribution in [0.4, 0.5) is 5.82 Å². The molecule has 4 nitrogen and oxygen atoms in total. The van der Waals surface area contributed by atoms with Crippen molar-refractivity contribution in [1.82, 2.24) is 9.97 Å². The fourth-order valence-corrected chi connectivity index (χ4v) is 3.24. The number of thiophene rings is 1. The second kappa shape index (κ2) is 4.99. The summed E-state index contributed by atoms with van der Waals surface area (Å²) in [6.07, 6.45) is 2.29. The predicted molar refractivity (Wildman–Crippen MR) is 74.5 cm³/mol. The maximum Gasteiger partial charge on any atom is 0.225 e. The number of nitrogens with zero attached hydrogens (tertiary/aromatic N) is 2. The van der Waals surface area contributed by atoms with E-state index in [0.29, 0.717) is 17.4 Å². The van der Waals surface area contributed by atoms with E-state index >= 15 is 0 Å². The van der Waals surface area contributed by atoms with Crippen molar-refractivity contribution in [2.75, 3.05) is 11.9 Å². The summed E-state index contributed by atoms with van der Waals surface area (Å²) in [5.74, 6) is 0.838. The monoisotopic (exact) mass is 283 g/mol. The van der Waals surface area contributed by atoms with Gasteiger partial charge in [0.1, 0.15) is 10.6 Å². The first-order valence-electron chi connectivity index (χ1n) is 6.01. The van der Waals surface area contributed by atoms with E-state index in [-0.39, 0.29) is 0 Å². The Bertz CT molecular complexity index is 559. The van der Waals surface area contributed by atoms with Crippen LogP contribution in [0.5, 0.6) is 0 Å². The molecule has 6 heteroatoms. The molecule has 0 aliphatic carbocycles. The lowest BCUT2D eigenvalue weighted by Gasteiger charge is -2.28. The molecule has 1 N–H and O–H groups in total. The Balaban J connectivity index is 1.87. The summed E-state index contributed by atoms with van der Waals surface area (Å²) in [7, 11) is 0. The van der Waals surface area contributed by atoms with Crippen molar-refractivity contribution < 1.29 is 4.74 Å². The first-order chi connectivity index (χ1) is 8.72. The van der Waals surface area contributed by atoms with Gasteiger partial charge in [-0.3, -0.25) is 0 Å². The van der Waals surface area contributed by atoms with Gasteiger partial charge in [0.15, 0.2) is 0 Å². The van der Waals surface area contributed by atoms with Crippen molar-refractivity contribution in [2.24, 2.45) is 0 Å². The molecule has 1 saturated heterocycles. The highest BCUT2D eigenvalue weighted by molar-refractivity contribution is 7.16. The molecule has 18 heavy (non-hydrogen) atoms. The summed E-state index contributed by atoms with van der Waals surface area (Å²) >= 11 is 7.52. The van der Waals surface area contributed by atoms with Crippen molar-refractivity contribution in [3.8, 4) is 0 Å². The number of ether oxygens (including phenoxy) is 1. The largest absolute Gasteiger partial charge is 0.378 e. The SMILES string of the molecule is CC1CC(Nc2nc(Cl)nc3sccc23)CCO1. The number of nitrogens with one attached hydrogen (secondary N) is 1. The van der Waals surface area contributed by atoms with Crippen LogP contribution in [0.3, 0.4) is 0 Å². The third-order valence-corrected chi connectivity index (χ3v) is 4.10. The minimum Gasteiger partial charge on any atom is -0.378 e. The van der Waals surface area contributed by atoms with Gasteiger partial charge < -0.3 is 10.1 Å². The van der Waals surface area contributed by atoms with Gasteiger partial charge in [0.2, 0.25) is 5.28 Å². The second-order valence-corrected chi connectivity index (χ2v) is 5.76. The Hall–Kier alpha value is -0.910. The van der Waals surface area contributed by atoms with E-state index in [2.05, 4.69) is 22.2 Å². The summed E-state index contributed by atoms with van der Waals surface area (Å²) in [5, 5.41) is 6.82. The molecule has 0 bridgehead atoms. The topological polar surface area (TPSA) is 47.0 Å². The lowest BCUT2D eigenvalue weighted by Crippen LogP contribution is -2.32. The number of halogens is 1. The molecule has 3 heterocycles. The fourth-order valence-electron chi connectivity index (χ4n) is 2.26. The van der Waals surface area contributed by atoms with Crippen molar-refractivity contribution in [1.29, 1.82) is 0 Å². The van der Waals surface area contributed by atoms with Crippen molar-refractivity contribution in [2.45, 2.75) is 31.9 Å². The molecule has 0 spiro atoms. The Labute approximate surface area is 114 Å². The summed E-state index contributed by atoms with van der Waals surface area (Å²) in [4.78, 5) is 9.44. The van der Waals surface area contributed by atoms with Crippen LogP contribution < -0.4 is 5.32 Å². The number of anilines is 1.